The minimum atomic E-state index is -1.17. The van der Waals surface area contributed by atoms with Crippen molar-refractivity contribution in [2.45, 2.75) is 52.0 Å². The Morgan fingerprint density at radius 1 is 1.20 bits per heavy atom. The van der Waals surface area contributed by atoms with E-state index >= 15 is 0 Å². The molecule has 0 aromatic rings. The summed E-state index contributed by atoms with van der Waals surface area (Å²) in [6, 6.07) is -0.345. The standard InChI is InChI=1S/C14H22N2O4/c1-14(2,12(18)19)7-11(17)16-13(20)15-10-6-8-3-4-9(10)5-8/h8-10H,3-7H2,1-2H3,(H,18,19)(H2,15,16,17,20). The molecule has 0 radical (unpaired) electrons. The van der Waals surface area contributed by atoms with Crippen LogP contribution >= 0.6 is 0 Å². The summed E-state index contributed by atoms with van der Waals surface area (Å²) in [7, 11) is 0. The molecule has 3 amide bonds. The average Bonchev–Trinajstić information content (AvgIpc) is 2.88. The number of carbonyl (C=O) groups is 3. The van der Waals surface area contributed by atoms with Crippen LogP contribution in [-0.4, -0.2) is 29.1 Å². The number of hydrogen-bond acceptors (Lipinski definition) is 3. The molecular weight excluding hydrogens is 260 g/mol. The summed E-state index contributed by atoms with van der Waals surface area (Å²) in [6.07, 6.45) is 4.34. The normalized spacial score (nSPS) is 28.2. The second kappa shape index (κ2) is 5.42. The fourth-order valence-corrected chi connectivity index (χ4v) is 3.27. The number of amides is 3. The van der Waals surface area contributed by atoms with Crippen molar-refractivity contribution in [2.75, 3.05) is 0 Å². The van der Waals surface area contributed by atoms with Crippen LogP contribution in [0.15, 0.2) is 0 Å². The SMILES string of the molecule is CC(C)(CC(=O)NC(=O)NC1CC2CCC1C2)C(=O)O. The van der Waals surface area contributed by atoms with Gasteiger partial charge in [0, 0.05) is 12.5 Å². The lowest BCUT2D eigenvalue weighted by atomic mass is 9.89. The first-order chi connectivity index (χ1) is 9.28. The van der Waals surface area contributed by atoms with Gasteiger partial charge in [0.15, 0.2) is 0 Å². The minimum absolute atomic E-state index is 0.161. The molecule has 0 aromatic carbocycles. The molecule has 3 unspecified atom stereocenters. The van der Waals surface area contributed by atoms with Crippen LogP contribution in [0.5, 0.6) is 0 Å². The van der Waals surface area contributed by atoms with Gasteiger partial charge in [0.25, 0.3) is 0 Å². The first kappa shape index (κ1) is 14.8. The summed E-state index contributed by atoms with van der Waals surface area (Å²) in [5.41, 5.74) is -1.17. The Labute approximate surface area is 118 Å². The quantitative estimate of drug-likeness (QED) is 0.728. The van der Waals surface area contributed by atoms with Crippen molar-refractivity contribution >= 4 is 17.9 Å². The molecular formula is C14H22N2O4. The van der Waals surface area contributed by atoms with Crippen LogP contribution in [0.4, 0.5) is 4.79 Å². The first-order valence-electron chi connectivity index (χ1n) is 7.11. The zero-order valence-corrected chi connectivity index (χ0v) is 11.9. The van der Waals surface area contributed by atoms with E-state index in [1.807, 2.05) is 0 Å². The van der Waals surface area contributed by atoms with Crippen LogP contribution in [-0.2, 0) is 9.59 Å². The third-order valence-electron chi connectivity index (χ3n) is 4.49. The van der Waals surface area contributed by atoms with Crippen molar-refractivity contribution in [1.29, 1.82) is 0 Å². The maximum atomic E-state index is 11.8. The van der Waals surface area contributed by atoms with Crippen LogP contribution in [0.3, 0.4) is 0 Å². The van der Waals surface area contributed by atoms with Gasteiger partial charge in [-0.05, 0) is 44.9 Å². The monoisotopic (exact) mass is 282 g/mol. The first-order valence-corrected chi connectivity index (χ1v) is 7.11. The van der Waals surface area contributed by atoms with E-state index in [-0.39, 0.29) is 12.5 Å². The van der Waals surface area contributed by atoms with Gasteiger partial charge in [0.05, 0.1) is 5.41 Å². The third kappa shape index (κ3) is 3.29. The molecule has 2 fully saturated rings. The number of hydrogen-bond donors (Lipinski definition) is 3. The van der Waals surface area contributed by atoms with Crippen LogP contribution in [0.1, 0.15) is 46.0 Å². The van der Waals surface area contributed by atoms with Gasteiger partial charge in [0.1, 0.15) is 0 Å². The highest BCUT2D eigenvalue weighted by Gasteiger charge is 2.40. The highest BCUT2D eigenvalue weighted by molar-refractivity contribution is 5.96. The number of carboxylic acids is 1. The highest BCUT2D eigenvalue weighted by atomic mass is 16.4. The number of aliphatic carboxylic acids is 1. The van der Waals surface area contributed by atoms with Gasteiger partial charge >= 0.3 is 12.0 Å². The van der Waals surface area contributed by atoms with Gasteiger partial charge in [-0.3, -0.25) is 14.9 Å². The molecule has 0 heterocycles. The van der Waals surface area contributed by atoms with Gasteiger partial charge in [-0.15, -0.1) is 0 Å². The number of imide groups is 1. The molecule has 6 heteroatoms. The lowest BCUT2D eigenvalue weighted by Crippen LogP contribution is -2.47. The van der Waals surface area contributed by atoms with Crippen LogP contribution in [0, 0.1) is 17.3 Å². The zero-order chi connectivity index (χ0) is 14.9. The molecule has 0 aliphatic heterocycles. The molecule has 2 bridgehead atoms. The van der Waals surface area contributed by atoms with Crippen LogP contribution < -0.4 is 10.6 Å². The summed E-state index contributed by atoms with van der Waals surface area (Å²) in [5.74, 6) is -0.359. The van der Waals surface area contributed by atoms with Gasteiger partial charge in [-0.25, -0.2) is 4.79 Å². The number of carbonyl (C=O) groups excluding carboxylic acids is 2. The molecule has 2 aliphatic carbocycles. The molecule has 0 saturated heterocycles. The molecule has 0 aromatic heterocycles. The van der Waals surface area contributed by atoms with Gasteiger partial charge < -0.3 is 10.4 Å². The van der Waals surface area contributed by atoms with Gasteiger partial charge in [-0.2, -0.15) is 0 Å². The van der Waals surface area contributed by atoms with E-state index in [0.29, 0.717) is 11.8 Å². The zero-order valence-electron chi connectivity index (χ0n) is 11.9. The van der Waals surface area contributed by atoms with Crippen molar-refractivity contribution in [1.82, 2.24) is 10.6 Å². The van der Waals surface area contributed by atoms with E-state index in [1.54, 1.807) is 0 Å². The maximum absolute atomic E-state index is 11.8. The molecule has 2 aliphatic rings. The van der Waals surface area contributed by atoms with Gasteiger partial charge in [0.2, 0.25) is 5.91 Å². The molecule has 20 heavy (non-hydrogen) atoms. The maximum Gasteiger partial charge on any atom is 0.321 e. The third-order valence-corrected chi connectivity index (χ3v) is 4.49. The van der Waals surface area contributed by atoms with E-state index in [4.69, 9.17) is 5.11 Å². The van der Waals surface area contributed by atoms with E-state index in [9.17, 15) is 14.4 Å². The minimum Gasteiger partial charge on any atom is -0.481 e. The van der Waals surface area contributed by atoms with Crippen molar-refractivity contribution in [3.63, 3.8) is 0 Å². The van der Waals surface area contributed by atoms with Crippen molar-refractivity contribution in [3.05, 3.63) is 0 Å². The molecule has 3 N–H and O–H groups in total. The Kier molecular flexibility index (Phi) is 4.01. The number of urea groups is 1. The van der Waals surface area contributed by atoms with Crippen molar-refractivity contribution in [3.8, 4) is 0 Å². The number of fused-ring (bicyclic) bond motifs is 2. The summed E-state index contributed by atoms with van der Waals surface area (Å²) < 4.78 is 0. The van der Waals surface area contributed by atoms with Crippen molar-refractivity contribution < 1.29 is 19.5 Å². The molecule has 112 valence electrons. The number of carboxylic acid groups (broad SMARTS) is 1. The molecule has 3 atom stereocenters. The smallest absolute Gasteiger partial charge is 0.321 e. The van der Waals surface area contributed by atoms with E-state index in [1.165, 1.54) is 26.7 Å². The molecule has 2 rings (SSSR count). The summed E-state index contributed by atoms with van der Waals surface area (Å²) in [5, 5.41) is 14.0. The fourth-order valence-electron chi connectivity index (χ4n) is 3.27. The Morgan fingerprint density at radius 2 is 1.90 bits per heavy atom. The lowest BCUT2D eigenvalue weighted by Gasteiger charge is -2.23. The Hall–Kier alpha value is -1.59. The Morgan fingerprint density at radius 3 is 2.40 bits per heavy atom. The summed E-state index contributed by atoms with van der Waals surface area (Å²) in [6.45, 7) is 2.92. The average molecular weight is 282 g/mol. The largest absolute Gasteiger partial charge is 0.481 e. The van der Waals surface area contributed by atoms with Gasteiger partial charge in [-0.1, -0.05) is 6.42 Å². The topological polar surface area (TPSA) is 95.5 Å². The fraction of sp³-hybridized carbons (Fsp3) is 0.786. The Balaban J connectivity index is 1.77. The van der Waals surface area contributed by atoms with E-state index in [0.717, 1.165) is 12.8 Å². The molecule has 6 nitrogen and oxygen atoms in total. The lowest BCUT2D eigenvalue weighted by molar-refractivity contribution is -0.149. The highest BCUT2D eigenvalue weighted by Crippen LogP contribution is 2.44. The molecule has 0 spiro atoms. The predicted molar refractivity (Wildman–Crippen MR) is 71.9 cm³/mol. The van der Waals surface area contributed by atoms with E-state index < -0.39 is 23.3 Å². The van der Waals surface area contributed by atoms with Crippen LogP contribution in [0.2, 0.25) is 0 Å². The number of nitrogens with one attached hydrogen (secondary N) is 2. The summed E-state index contributed by atoms with van der Waals surface area (Å²) in [4.78, 5) is 34.3. The van der Waals surface area contributed by atoms with Crippen LogP contribution in [0.25, 0.3) is 0 Å². The van der Waals surface area contributed by atoms with E-state index in [2.05, 4.69) is 10.6 Å². The predicted octanol–water partition coefficient (Wildman–Crippen LogP) is 1.50. The summed E-state index contributed by atoms with van der Waals surface area (Å²) >= 11 is 0. The Bertz CT molecular complexity index is 433. The molecule has 2 saturated carbocycles. The van der Waals surface area contributed by atoms with Crippen molar-refractivity contribution in [2.24, 2.45) is 17.3 Å². The number of rotatable bonds is 4. The second-order valence-electron chi connectivity index (χ2n) is 6.67. The second-order valence-corrected chi connectivity index (χ2v) is 6.67.